The van der Waals surface area contributed by atoms with E-state index in [0.717, 1.165) is 13.1 Å². The Morgan fingerprint density at radius 3 is 2.45 bits per heavy atom. The van der Waals surface area contributed by atoms with E-state index in [1.807, 2.05) is 7.05 Å². The highest BCUT2D eigenvalue weighted by Gasteiger charge is 2.06. The molecule has 0 aliphatic carbocycles. The average Bonchev–Trinajstić information content (AvgIpc) is 2.39. The molecule has 20 heavy (non-hydrogen) atoms. The lowest BCUT2D eigenvalue weighted by Gasteiger charge is -2.22. The molecule has 0 aromatic heterocycles. The van der Waals surface area contributed by atoms with E-state index >= 15 is 0 Å². The Morgan fingerprint density at radius 1 is 1.00 bits per heavy atom. The maximum Gasteiger partial charge on any atom is 0.0426 e. The SMILES string of the molecule is CNCc1cccc(CN(C)c2ccc(C)cc2C)c1. The minimum atomic E-state index is 0.918. The molecule has 2 aromatic carbocycles. The lowest BCUT2D eigenvalue weighted by atomic mass is 10.1. The first-order chi connectivity index (χ1) is 9.60. The molecule has 0 radical (unpaired) electrons. The minimum Gasteiger partial charge on any atom is -0.370 e. The fourth-order valence-electron chi connectivity index (χ4n) is 2.63. The normalized spacial score (nSPS) is 10.6. The van der Waals surface area contributed by atoms with Crippen molar-refractivity contribution in [3.05, 3.63) is 64.7 Å². The summed E-state index contributed by atoms with van der Waals surface area (Å²) in [6.45, 7) is 6.16. The molecule has 0 fully saturated rings. The number of rotatable bonds is 5. The molecular weight excluding hydrogens is 244 g/mol. The second-order valence-electron chi connectivity index (χ2n) is 5.50. The Bertz CT molecular complexity index is 575. The molecule has 106 valence electrons. The Morgan fingerprint density at radius 2 is 1.75 bits per heavy atom. The van der Waals surface area contributed by atoms with E-state index in [2.05, 4.69) is 73.6 Å². The Balaban J connectivity index is 2.14. The van der Waals surface area contributed by atoms with Gasteiger partial charge in [0.05, 0.1) is 0 Å². The summed E-state index contributed by atoms with van der Waals surface area (Å²) in [6.07, 6.45) is 0. The standard InChI is InChI=1S/C18H24N2/c1-14-8-9-18(15(2)10-14)20(4)13-17-7-5-6-16(11-17)12-19-3/h5-11,19H,12-13H2,1-4H3. The third kappa shape index (κ3) is 3.61. The lowest BCUT2D eigenvalue weighted by Crippen LogP contribution is -2.17. The van der Waals surface area contributed by atoms with Gasteiger partial charge in [-0.05, 0) is 43.7 Å². The first-order valence-electron chi connectivity index (χ1n) is 7.11. The number of hydrogen-bond donors (Lipinski definition) is 1. The number of anilines is 1. The Kier molecular flexibility index (Phi) is 4.80. The molecule has 1 N–H and O–H groups in total. The van der Waals surface area contributed by atoms with E-state index < -0.39 is 0 Å². The molecule has 2 nitrogen and oxygen atoms in total. The van der Waals surface area contributed by atoms with Gasteiger partial charge in [-0.2, -0.15) is 0 Å². The smallest absolute Gasteiger partial charge is 0.0426 e. The highest BCUT2D eigenvalue weighted by Crippen LogP contribution is 2.21. The van der Waals surface area contributed by atoms with Crippen LogP contribution in [-0.4, -0.2) is 14.1 Å². The van der Waals surface area contributed by atoms with Gasteiger partial charge in [-0.15, -0.1) is 0 Å². The van der Waals surface area contributed by atoms with Crippen molar-refractivity contribution in [1.29, 1.82) is 0 Å². The number of benzene rings is 2. The number of hydrogen-bond acceptors (Lipinski definition) is 2. The summed E-state index contributed by atoms with van der Waals surface area (Å²) in [6, 6.07) is 15.4. The van der Waals surface area contributed by atoms with Crippen LogP contribution in [0.2, 0.25) is 0 Å². The van der Waals surface area contributed by atoms with E-state index in [1.54, 1.807) is 0 Å². The highest BCUT2D eigenvalue weighted by atomic mass is 15.1. The van der Waals surface area contributed by atoms with Gasteiger partial charge in [0.15, 0.2) is 0 Å². The van der Waals surface area contributed by atoms with E-state index in [-0.39, 0.29) is 0 Å². The van der Waals surface area contributed by atoms with Crippen LogP contribution in [0, 0.1) is 13.8 Å². The topological polar surface area (TPSA) is 15.3 Å². The number of nitrogens with one attached hydrogen (secondary N) is 1. The summed E-state index contributed by atoms with van der Waals surface area (Å²) in [4.78, 5) is 2.31. The third-order valence-electron chi connectivity index (χ3n) is 3.56. The van der Waals surface area contributed by atoms with Gasteiger partial charge in [0.1, 0.15) is 0 Å². The van der Waals surface area contributed by atoms with Crippen LogP contribution in [0.5, 0.6) is 0 Å². The van der Waals surface area contributed by atoms with Crippen LogP contribution in [0.1, 0.15) is 22.3 Å². The van der Waals surface area contributed by atoms with Gasteiger partial charge < -0.3 is 10.2 Å². The summed E-state index contributed by atoms with van der Waals surface area (Å²) in [7, 11) is 4.14. The molecule has 0 amide bonds. The van der Waals surface area contributed by atoms with Gasteiger partial charge >= 0.3 is 0 Å². The molecule has 0 saturated heterocycles. The average molecular weight is 268 g/mol. The zero-order chi connectivity index (χ0) is 14.5. The molecule has 2 rings (SSSR count). The molecule has 2 heteroatoms. The van der Waals surface area contributed by atoms with E-state index in [1.165, 1.54) is 27.9 Å². The zero-order valence-corrected chi connectivity index (χ0v) is 12.9. The molecule has 0 aliphatic rings. The van der Waals surface area contributed by atoms with Crippen molar-refractivity contribution in [3.63, 3.8) is 0 Å². The van der Waals surface area contributed by atoms with Crippen molar-refractivity contribution in [2.45, 2.75) is 26.9 Å². The van der Waals surface area contributed by atoms with Gasteiger partial charge in [0.25, 0.3) is 0 Å². The zero-order valence-electron chi connectivity index (χ0n) is 12.9. The largest absolute Gasteiger partial charge is 0.370 e. The fraction of sp³-hybridized carbons (Fsp3) is 0.333. The van der Waals surface area contributed by atoms with Crippen LogP contribution in [0.4, 0.5) is 5.69 Å². The molecule has 0 spiro atoms. The predicted octanol–water partition coefficient (Wildman–Crippen LogP) is 3.66. The van der Waals surface area contributed by atoms with Gasteiger partial charge in [-0.3, -0.25) is 0 Å². The maximum atomic E-state index is 3.20. The molecule has 0 bridgehead atoms. The van der Waals surface area contributed by atoms with E-state index in [0.29, 0.717) is 0 Å². The summed E-state index contributed by atoms with van der Waals surface area (Å²) in [5, 5.41) is 3.20. The maximum absolute atomic E-state index is 3.20. The molecular formula is C18H24N2. The molecule has 0 unspecified atom stereocenters. The number of nitrogens with zero attached hydrogens (tertiary/aromatic N) is 1. The van der Waals surface area contributed by atoms with Crippen molar-refractivity contribution in [2.24, 2.45) is 0 Å². The van der Waals surface area contributed by atoms with Crippen LogP contribution in [0.25, 0.3) is 0 Å². The van der Waals surface area contributed by atoms with Crippen molar-refractivity contribution < 1.29 is 0 Å². The van der Waals surface area contributed by atoms with Crippen molar-refractivity contribution >= 4 is 5.69 Å². The van der Waals surface area contributed by atoms with Crippen molar-refractivity contribution in [2.75, 3.05) is 19.0 Å². The molecule has 0 atom stereocenters. The number of aryl methyl sites for hydroxylation is 2. The first-order valence-corrected chi connectivity index (χ1v) is 7.11. The third-order valence-corrected chi connectivity index (χ3v) is 3.56. The lowest BCUT2D eigenvalue weighted by molar-refractivity contribution is 0.813. The summed E-state index contributed by atoms with van der Waals surface area (Å²) in [5.74, 6) is 0. The quantitative estimate of drug-likeness (QED) is 0.890. The second kappa shape index (κ2) is 6.58. The Labute approximate surface area is 122 Å². The summed E-state index contributed by atoms with van der Waals surface area (Å²) in [5.41, 5.74) is 6.63. The van der Waals surface area contributed by atoms with Crippen LogP contribution >= 0.6 is 0 Å². The molecule has 0 aliphatic heterocycles. The van der Waals surface area contributed by atoms with Gasteiger partial charge in [-0.25, -0.2) is 0 Å². The molecule has 0 heterocycles. The van der Waals surface area contributed by atoms with Crippen LogP contribution < -0.4 is 10.2 Å². The van der Waals surface area contributed by atoms with Crippen LogP contribution in [0.15, 0.2) is 42.5 Å². The Hall–Kier alpha value is -1.80. The van der Waals surface area contributed by atoms with Crippen molar-refractivity contribution in [3.8, 4) is 0 Å². The monoisotopic (exact) mass is 268 g/mol. The first kappa shape index (κ1) is 14.6. The fourth-order valence-corrected chi connectivity index (χ4v) is 2.63. The second-order valence-corrected chi connectivity index (χ2v) is 5.50. The molecule has 0 saturated carbocycles. The van der Waals surface area contributed by atoms with Crippen LogP contribution in [-0.2, 0) is 13.1 Å². The van der Waals surface area contributed by atoms with Gasteiger partial charge in [-0.1, -0.05) is 42.0 Å². The summed E-state index contributed by atoms with van der Waals surface area (Å²) < 4.78 is 0. The van der Waals surface area contributed by atoms with Gasteiger partial charge in [0, 0.05) is 25.8 Å². The predicted molar refractivity (Wildman–Crippen MR) is 87.2 cm³/mol. The van der Waals surface area contributed by atoms with Gasteiger partial charge in [0.2, 0.25) is 0 Å². The minimum absolute atomic E-state index is 0.918. The van der Waals surface area contributed by atoms with Crippen molar-refractivity contribution in [1.82, 2.24) is 5.32 Å². The van der Waals surface area contributed by atoms with Crippen LogP contribution in [0.3, 0.4) is 0 Å². The van der Waals surface area contributed by atoms with E-state index in [9.17, 15) is 0 Å². The summed E-state index contributed by atoms with van der Waals surface area (Å²) >= 11 is 0. The van der Waals surface area contributed by atoms with E-state index in [4.69, 9.17) is 0 Å². The molecule has 2 aromatic rings. The highest BCUT2D eigenvalue weighted by molar-refractivity contribution is 5.54.